The first-order chi connectivity index (χ1) is 36.6. The van der Waals surface area contributed by atoms with E-state index in [2.05, 4.69) is 184 Å². The number of ether oxygens (including phenoxy) is 2. The van der Waals surface area contributed by atoms with E-state index >= 15 is 0 Å². The molecule has 0 aromatic heterocycles. The molecule has 1 atom stereocenters. The van der Waals surface area contributed by atoms with Crippen molar-refractivity contribution in [3.63, 3.8) is 0 Å². The normalized spacial score (nSPS) is 13.5. The summed E-state index contributed by atoms with van der Waals surface area (Å²) in [6.45, 7) is 3.86. The number of rotatable bonds is 52. The maximum Gasteiger partial charge on any atom is 0.306 e. The molecule has 0 saturated heterocycles. The maximum atomic E-state index is 12.3. The summed E-state index contributed by atoms with van der Waals surface area (Å²) >= 11 is 0. The molecule has 5 heteroatoms. The number of aliphatic hydroxyl groups excluding tert-OH is 1. The Labute approximate surface area is 455 Å². The van der Waals surface area contributed by atoms with Crippen molar-refractivity contribution in [1.82, 2.24) is 0 Å². The topological polar surface area (TPSA) is 72.8 Å². The summed E-state index contributed by atoms with van der Waals surface area (Å²) in [4.78, 5) is 24.5. The van der Waals surface area contributed by atoms with Crippen molar-refractivity contribution in [1.29, 1.82) is 0 Å². The molecule has 0 aliphatic heterocycles. The van der Waals surface area contributed by atoms with Crippen LogP contribution in [0.5, 0.6) is 0 Å². The van der Waals surface area contributed by atoms with Crippen LogP contribution in [0.1, 0.15) is 232 Å². The molecule has 0 amide bonds. The zero-order valence-corrected chi connectivity index (χ0v) is 47.3. The first-order valence-corrected chi connectivity index (χ1v) is 29.7. The van der Waals surface area contributed by atoms with E-state index in [1.54, 1.807) is 0 Å². The molecule has 1 N–H and O–H groups in total. The minimum atomic E-state index is -0.809. The van der Waals surface area contributed by atoms with Crippen molar-refractivity contribution in [2.24, 2.45) is 0 Å². The molecule has 0 radical (unpaired) electrons. The Morgan fingerprint density at radius 3 is 0.851 bits per heavy atom. The average molecular weight is 1020 g/mol. The second-order valence-corrected chi connectivity index (χ2v) is 19.0. The number of hydrogen-bond acceptors (Lipinski definition) is 5. The third kappa shape index (κ3) is 59.8. The van der Waals surface area contributed by atoms with E-state index in [0.717, 1.165) is 116 Å². The van der Waals surface area contributed by atoms with Gasteiger partial charge in [0.15, 0.2) is 6.10 Å². The van der Waals surface area contributed by atoms with Crippen LogP contribution in [0, 0.1) is 0 Å². The second-order valence-electron chi connectivity index (χ2n) is 19.0. The fourth-order valence-corrected chi connectivity index (χ4v) is 7.64. The van der Waals surface area contributed by atoms with Gasteiger partial charge in [-0.1, -0.05) is 267 Å². The third-order valence-corrected chi connectivity index (χ3v) is 12.0. The SMILES string of the molecule is CC/C=C\C/C=C\C/C=C\C/C=C\C/C=C\C/C=C\C/C=C\CCCCCCCCCCCCCCCCCC(=O)OC(CO)COC(=O)CCC/C=C\C/C=C\C/C=C\C/C=C\C/C=C\C/C=C\C/C=C\CC. The number of carbonyl (C=O) groups excluding carboxylic acids is 2. The lowest BCUT2D eigenvalue weighted by Crippen LogP contribution is -2.28. The highest BCUT2D eigenvalue weighted by atomic mass is 16.6. The summed E-state index contributed by atoms with van der Waals surface area (Å²) < 4.78 is 10.7. The molecule has 0 rings (SSSR count). The number of unbranched alkanes of at least 4 members (excludes halogenated alkanes) is 16. The van der Waals surface area contributed by atoms with Gasteiger partial charge in [-0.3, -0.25) is 9.59 Å². The molecule has 0 saturated carbocycles. The van der Waals surface area contributed by atoms with E-state index in [1.165, 1.54) is 83.5 Å². The molecule has 0 fully saturated rings. The van der Waals surface area contributed by atoms with E-state index in [1.807, 2.05) is 0 Å². The molecule has 414 valence electrons. The summed E-state index contributed by atoms with van der Waals surface area (Å²) in [5.41, 5.74) is 0. The fourth-order valence-electron chi connectivity index (χ4n) is 7.64. The van der Waals surface area contributed by atoms with Gasteiger partial charge in [-0.2, -0.15) is 0 Å². The summed E-state index contributed by atoms with van der Waals surface area (Å²) in [6, 6.07) is 0. The predicted octanol–water partition coefficient (Wildman–Crippen LogP) is 20.5. The van der Waals surface area contributed by atoms with Crippen molar-refractivity contribution >= 4 is 11.9 Å². The van der Waals surface area contributed by atoms with E-state index in [-0.39, 0.29) is 25.2 Å². The van der Waals surface area contributed by atoms with E-state index in [4.69, 9.17) is 9.47 Å². The predicted molar refractivity (Wildman–Crippen MR) is 324 cm³/mol. The molecule has 74 heavy (non-hydrogen) atoms. The van der Waals surface area contributed by atoms with Crippen LogP contribution in [0.3, 0.4) is 0 Å². The zero-order chi connectivity index (χ0) is 53.4. The lowest BCUT2D eigenvalue weighted by atomic mass is 10.0. The number of aliphatic hydroxyl groups is 1. The first kappa shape index (κ1) is 69.3. The van der Waals surface area contributed by atoms with Gasteiger partial charge in [-0.05, 0) is 122 Å². The van der Waals surface area contributed by atoms with Crippen molar-refractivity contribution in [3.8, 4) is 0 Å². The van der Waals surface area contributed by atoms with E-state index in [9.17, 15) is 14.7 Å². The number of allylic oxidation sites excluding steroid dienone is 28. The van der Waals surface area contributed by atoms with E-state index in [0.29, 0.717) is 19.3 Å². The van der Waals surface area contributed by atoms with Gasteiger partial charge in [0.1, 0.15) is 6.61 Å². The van der Waals surface area contributed by atoms with Gasteiger partial charge in [-0.25, -0.2) is 0 Å². The Hall–Kier alpha value is -4.74. The second kappa shape index (κ2) is 62.6. The van der Waals surface area contributed by atoms with Crippen LogP contribution in [0.15, 0.2) is 170 Å². The van der Waals surface area contributed by atoms with Crippen LogP contribution < -0.4 is 0 Å². The van der Waals surface area contributed by atoms with Gasteiger partial charge < -0.3 is 14.6 Å². The van der Waals surface area contributed by atoms with Crippen molar-refractivity contribution in [3.05, 3.63) is 170 Å². The van der Waals surface area contributed by atoms with Crippen LogP contribution in [-0.2, 0) is 19.1 Å². The van der Waals surface area contributed by atoms with Gasteiger partial charge in [0.05, 0.1) is 6.61 Å². The first-order valence-electron chi connectivity index (χ1n) is 29.7. The van der Waals surface area contributed by atoms with Crippen LogP contribution in [-0.4, -0.2) is 36.4 Å². The largest absolute Gasteiger partial charge is 0.462 e. The number of carbonyl (C=O) groups is 2. The van der Waals surface area contributed by atoms with Crippen molar-refractivity contribution < 1.29 is 24.2 Å². The van der Waals surface area contributed by atoms with Gasteiger partial charge >= 0.3 is 11.9 Å². The minimum Gasteiger partial charge on any atom is -0.462 e. The lowest BCUT2D eigenvalue weighted by molar-refractivity contribution is -0.161. The minimum absolute atomic E-state index is 0.106. The molecule has 0 aliphatic rings. The summed E-state index contributed by atoms with van der Waals surface area (Å²) in [7, 11) is 0. The Balaban J connectivity index is 3.60. The highest BCUT2D eigenvalue weighted by molar-refractivity contribution is 5.70. The van der Waals surface area contributed by atoms with Crippen molar-refractivity contribution in [2.75, 3.05) is 13.2 Å². The molecular formula is C69H108O5. The van der Waals surface area contributed by atoms with Crippen LogP contribution in [0.2, 0.25) is 0 Å². The smallest absolute Gasteiger partial charge is 0.306 e. The molecule has 0 bridgehead atoms. The summed E-state index contributed by atoms with van der Waals surface area (Å²) in [6.07, 6.45) is 97.6. The Bertz CT molecular complexity index is 1670. The highest BCUT2D eigenvalue weighted by Gasteiger charge is 2.16. The Morgan fingerprint density at radius 1 is 0.311 bits per heavy atom. The van der Waals surface area contributed by atoms with Gasteiger partial charge in [0.25, 0.3) is 0 Å². The molecule has 1 unspecified atom stereocenters. The molecule has 5 nitrogen and oxygen atoms in total. The Kier molecular flexibility index (Phi) is 58.5. The van der Waals surface area contributed by atoms with Gasteiger partial charge in [0.2, 0.25) is 0 Å². The summed E-state index contributed by atoms with van der Waals surface area (Å²) in [5, 5.41) is 9.66. The molecule has 0 heterocycles. The number of esters is 2. The quantitative estimate of drug-likeness (QED) is 0.0373. The maximum absolute atomic E-state index is 12.3. The molecular weight excluding hydrogens is 909 g/mol. The number of hydrogen-bond donors (Lipinski definition) is 1. The van der Waals surface area contributed by atoms with Gasteiger partial charge in [0, 0.05) is 12.8 Å². The molecule has 0 aromatic rings. The molecule has 0 spiro atoms. The van der Waals surface area contributed by atoms with E-state index < -0.39 is 6.10 Å². The lowest BCUT2D eigenvalue weighted by Gasteiger charge is -2.15. The van der Waals surface area contributed by atoms with Crippen LogP contribution >= 0.6 is 0 Å². The highest BCUT2D eigenvalue weighted by Crippen LogP contribution is 2.15. The molecule has 0 aromatic carbocycles. The van der Waals surface area contributed by atoms with Crippen molar-refractivity contribution in [2.45, 2.75) is 238 Å². The zero-order valence-electron chi connectivity index (χ0n) is 47.3. The summed E-state index contributed by atoms with van der Waals surface area (Å²) in [5.74, 6) is -0.669. The molecule has 0 aliphatic carbocycles. The average Bonchev–Trinajstić information content (AvgIpc) is 3.40. The Morgan fingerprint density at radius 2 is 0.554 bits per heavy atom. The van der Waals surface area contributed by atoms with Crippen LogP contribution in [0.25, 0.3) is 0 Å². The standard InChI is InChI=1S/C69H108O5/c1-3-5-7-9-11-13-15-17-19-21-23-25-27-28-29-30-31-32-33-34-35-36-37-38-39-40-42-44-46-48-50-52-54-56-58-60-62-64-69(72)74-67(65-70)66-73-68(71)63-61-59-57-55-53-51-49-47-45-43-41-26-24-22-20-18-16-14-12-10-8-6-4-2/h5-8,11-14,17-20,23-26,28-29,31-32,34-35,43,45,49,51,55,57,67,70H,3-4,9-10,15-16,21-22,27,30,33,36-42,44,46-48,50,52-54,56,58-66H2,1-2H3/b7-5-,8-6-,13-11-,14-12-,19-17-,20-18-,25-23-,26-24-,29-28-,32-31-,35-34-,45-43-,51-49-,57-55-. The van der Waals surface area contributed by atoms with Crippen LogP contribution in [0.4, 0.5) is 0 Å². The third-order valence-electron chi connectivity index (χ3n) is 12.0. The fraction of sp³-hybridized carbons (Fsp3) is 0.565. The monoisotopic (exact) mass is 1020 g/mol. The van der Waals surface area contributed by atoms with Gasteiger partial charge in [-0.15, -0.1) is 0 Å².